The Labute approximate surface area is 237 Å². The molecule has 5 aliphatic carbocycles. The number of aromatic nitrogens is 2. The van der Waals surface area contributed by atoms with Crippen molar-refractivity contribution in [1.82, 2.24) is 10.2 Å². The van der Waals surface area contributed by atoms with Crippen molar-refractivity contribution >= 4 is 11.6 Å². The number of nitrogens with zero attached hydrogens (tertiary/aromatic N) is 3. The van der Waals surface area contributed by atoms with Crippen molar-refractivity contribution < 1.29 is 18.7 Å². The van der Waals surface area contributed by atoms with E-state index in [0.717, 1.165) is 50.5 Å². The number of carbonyl (C=O) groups excluding carboxylic acids is 2. The summed E-state index contributed by atoms with van der Waals surface area (Å²) in [6.45, 7) is 17.4. The van der Waals surface area contributed by atoms with E-state index < -0.39 is 22.5 Å². The van der Waals surface area contributed by atoms with Crippen LogP contribution in [0.25, 0.3) is 0 Å². The van der Waals surface area contributed by atoms with Crippen molar-refractivity contribution in [2.75, 3.05) is 0 Å². The largest absolute Gasteiger partial charge is 0.425 e. The number of allylic oxidation sites excluding steroid dienone is 1. The topological polar surface area (TPSA) is 109 Å². The monoisotopic (exact) mass is 545 g/mol. The second-order valence-corrected chi connectivity index (χ2v) is 16.2. The number of carbonyl (C=O) groups is 2. The Morgan fingerprint density at radius 3 is 2.33 bits per heavy atom. The highest BCUT2D eigenvalue weighted by Crippen LogP contribution is 2.77. The minimum absolute atomic E-state index is 0.0198. The molecular weight excluding hydrogens is 502 g/mol. The molecule has 1 aromatic heterocycles. The first kappa shape index (κ1) is 26.6. The first-order chi connectivity index (χ1) is 18.5. The minimum Gasteiger partial charge on any atom is -0.425 e. The van der Waals surface area contributed by atoms with Gasteiger partial charge >= 0.3 is 0 Å². The molecule has 7 nitrogen and oxygen atoms in total. The van der Waals surface area contributed by atoms with Crippen LogP contribution in [0.4, 0.5) is 0 Å². The summed E-state index contributed by atoms with van der Waals surface area (Å²) >= 11 is 0. The number of aryl methyl sites for hydroxylation is 1. The number of fused-ring (bicyclic) bond motifs is 9. The zero-order valence-corrected chi connectivity index (χ0v) is 25.3. The van der Waals surface area contributed by atoms with Gasteiger partial charge in [0.2, 0.25) is 17.4 Å². The third-order valence-electron chi connectivity index (χ3n) is 13.7. The van der Waals surface area contributed by atoms with Crippen LogP contribution in [0.5, 0.6) is 0 Å². The Bertz CT molecular complexity index is 1430. The lowest BCUT2D eigenvalue weighted by Gasteiger charge is -2.69. The number of ketones is 2. The second kappa shape index (κ2) is 7.35. The van der Waals surface area contributed by atoms with Gasteiger partial charge in [0.1, 0.15) is 12.2 Å². The fraction of sp³-hybridized carbons (Fsp3) is 0.788. The Kier molecular flexibility index (Phi) is 4.88. The van der Waals surface area contributed by atoms with Crippen LogP contribution in [-0.2, 0) is 19.7 Å². The van der Waals surface area contributed by atoms with Gasteiger partial charge in [-0.15, -0.1) is 10.2 Å². The number of hydrogen-bond donors (Lipinski definition) is 0. The van der Waals surface area contributed by atoms with E-state index in [4.69, 9.17) is 9.15 Å². The lowest BCUT2D eigenvalue weighted by atomic mass is 9.33. The maximum absolute atomic E-state index is 14.7. The molecule has 0 amide bonds. The first-order valence-electron chi connectivity index (χ1n) is 15.2. The van der Waals surface area contributed by atoms with Crippen molar-refractivity contribution in [2.24, 2.45) is 44.8 Å². The van der Waals surface area contributed by atoms with Crippen molar-refractivity contribution in [3.8, 4) is 6.07 Å². The molecular formula is C33H43N3O4. The SMILES string of the molecule is Cc1nnc(C23CCC(C)(C)CC2C2C(=O)C=C4C5(C)C(CCC4(C)C2(C)CC3)C(C)(C)C(=O)C2(C#N)OC25)o1. The molecule has 0 spiro atoms. The zero-order chi connectivity index (χ0) is 28.9. The maximum Gasteiger partial charge on any atom is 0.240 e. The molecule has 0 aromatic carbocycles. The molecule has 4 saturated carbocycles. The Morgan fingerprint density at radius 1 is 0.975 bits per heavy atom. The van der Waals surface area contributed by atoms with Gasteiger partial charge in [0.15, 0.2) is 11.6 Å². The third kappa shape index (κ3) is 2.76. The molecule has 9 atom stereocenters. The number of Topliss-reactive ketones (excluding diaryl/α,β-unsaturated/α-hetero) is 1. The van der Waals surface area contributed by atoms with E-state index in [0.29, 0.717) is 11.8 Å². The normalized spacial score (nSPS) is 49.8. The summed E-state index contributed by atoms with van der Waals surface area (Å²) in [6, 6.07) is 2.27. The van der Waals surface area contributed by atoms with Crippen LogP contribution >= 0.6 is 0 Å². The number of hydrogen-bond acceptors (Lipinski definition) is 7. The van der Waals surface area contributed by atoms with Crippen LogP contribution in [0, 0.1) is 63.1 Å². The maximum atomic E-state index is 14.7. The third-order valence-corrected chi connectivity index (χ3v) is 13.7. The Hall–Kier alpha value is -2.33. The summed E-state index contributed by atoms with van der Waals surface area (Å²) in [7, 11) is 0. The molecule has 0 bridgehead atoms. The van der Waals surface area contributed by atoms with Crippen molar-refractivity contribution in [3.05, 3.63) is 23.4 Å². The number of rotatable bonds is 1. The highest BCUT2D eigenvalue weighted by molar-refractivity contribution is 6.01. The minimum atomic E-state index is -1.39. The molecule has 9 unspecified atom stereocenters. The molecule has 7 rings (SSSR count). The molecule has 1 saturated heterocycles. The standard InChI is InChI=1S/C33H43N3O4/c1-18-35-36-26(39-18)32-13-11-27(2,3)16-19(32)23-20(37)15-22-29(6,30(23,7)12-14-32)10-9-21-28(4,5)24(38)33(17-34)25(40-33)31(21,22)8/h15,19,21,23,25H,9-14,16H2,1-8H3. The molecule has 5 fully saturated rings. The summed E-state index contributed by atoms with van der Waals surface area (Å²) in [6.07, 6.45) is 8.06. The zero-order valence-electron chi connectivity index (χ0n) is 25.3. The van der Waals surface area contributed by atoms with Gasteiger partial charge in [0.05, 0.1) is 5.41 Å². The van der Waals surface area contributed by atoms with Gasteiger partial charge in [-0.25, -0.2) is 0 Å². The second-order valence-electron chi connectivity index (χ2n) is 16.2. The van der Waals surface area contributed by atoms with Gasteiger partial charge in [-0.3, -0.25) is 9.59 Å². The summed E-state index contributed by atoms with van der Waals surface area (Å²) in [5.41, 5.74) is -2.20. The van der Waals surface area contributed by atoms with E-state index in [1.54, 1.807) is 0 Å². The van der Waals surface area contributed by atoms with Gasteiger partial charge in [-0.1, -0.05) is 54.0 Å². The van der Waals surface area contributed by atoms with Gasteiger partial charge in [-0.05, 0) is 79.1 Å². The van der Waals surface area contributed by atoms with Crippen LogP contribution in [0.2, 0.25) is 0 Å². The molecule has 214 valence electrons. The van der Waals surface area contributed by atoms with Gasteiger partial charge in [0, 0.05) is 23.7 Å². The lowest BCUT2D eigenvalue weighted by Crippen LogP contribution is -2.67. The van der Waals surface area contributed by atoms with Crippen LogP contribution < -0.4 is 0 Å². The molecule has 2 heterocycles. The summed E-state index contributed by atoms with van der Waals surface area (Å²) < 4.78 is 12.3. The molecule has 7 heteroatoms. The van der Waals surface area contributed by atoms with Crippen molar-refractivity contribution in [3.63, 3.8) is 0 Å². The van der Waals surface area contributed by atoms with Gasteiger partial charge < -0.3 is 9.15 Å². The average Bonchev–Trinajstić information content (AvgIpc) is 3.50. The molecule has 6 aliphatic rings. The van der Waals surface area contributed by atoms with Crippen LogP contribution in [0.3, 0.4) is 0 Å². The molecule has 1 aromatic rings. The van der Waals surface area contributed by atoms with Crippen molar-refractivity contribution in [1.29, 1.82) is 5.26 Å². The Balaban J connectivity index is 1.40. The van der Waals surface area contributed by atoms with Gasteiger partial charge in [0.25, 0.3) is 0 Å². The van der Waals surface area contributed by atoms with E-state index in [9.17, 15) is 14.9 Å². The van der Waals surface area contributed by atoms with Crippen LogP contribution in [0.15, 0.2) is 16.1 Å². The Morgan fingerprint density at radius 2 is 1.68 bits per heavy atom. The average molecular weight is 546 g/mol. The summed E-state index contributed by atoms with van der Waals surface area (Å²) in [4.78, 5) is 28.2. The van der Waals surface area contributed by atoms with E-state index in [1.807, 2.05) is 26.8 Å². The lowest BCUT2D eigenvalue weighted by molar-refractivity contribution is -0.166. The molecule has 0 N–H and O–H groups in total. The first-order valence-corrected chi connectivity index (χ1v) is 15.2. The fourth-order valence-corrected chi connectivity index (χ4v) is 11.3. The van der Waals surface area contributed by atoms with Crippen molar-refractivity contribution in [2.45, 2.75) is 117 Å². The van der Waals surface area contributed by atoms with E-state index in [2.05, 4.69) is 50.9 Å². The highest BCUT2D eigenvalue weighted by Gasteiger charge is 2.82. The van der Waals surface area contributed by atoms with Crippen LogP contribution in [0.1, 0.15) is 105 Å². The number of nitriles is 1. The number of epoxide rings is 1. The van der Waals surface area contributed by atoms with Gasteiger partial charge in [-0.2, -0.15) is 5.26 Å². The predicted octanol–water partition coefficient (Wildman–Crippen LogP) is 6.06. The quantitative estimate of drug-likeness (QED) is 0.395. The van der Waals surface area contributed by atoms with E-state index in [1.165, 1.54) is 0 Å². The summed E-state index contributed by atoms with van der Waals surface area (Å²) in [5, 5.41) is 19.0. The smallest absolute Gasteiger partial charge is 0.240 e. The molecule has 0 radical (unpaired) electrons. The van der Waals surface area contributed by atoms with E-state index >= 15 is 0 Å². The number of ether oxygens (including phenoxy) is 1. The summed E-state index contributed by atoms with van der Waals surface area (Å²) in [5.74, 6) is 1.38. The van der Waals surface area contributed by atoms with E-state index in [-0.39, 0.29) is 51.0 Å². The van der Waals surface area contributed by atoms with Crippen LogP contribution in [-0.4, -0.2) is 33.5 Å². The molecule has 40 heavy (non-hydrogen) atoms. The molecule has 1 aliphatic heterocycles. The highest BCUT2D eigenvalue weighted by atomic mass is 16.6. The predicted molar refractivity (Wildman–Crippen MR) is 147 cm³/mol. The fourth-order valence-electron chi connectivity index (χ4n) is 11.3.